The highest BCUT2D eigenvalue weighted by Gasteiger charge is 2.25. The first-order valence-electron chi connectivity index (χ1n) is 9.19. The standard InChI is InChI=1S/C20H26N4O3/c1-23(2)18-10-11-19(22-21-18)27-17-9-6-12-24(13-17)20(25)15-26-14-16-7-4-3-5-8-16/h3-5,7-8,10-11,17H,6,9,12-15H2,1-2H3. The van der Waals surface area contributed by atoms with Crippen LogP contribution in [0, 0.1) is 0 Å². The van der Waals surface area contributed by atoms with Crippen LogP contribution in [0.4, 0.5) is 5.82 Å². The van der Waals surface area contributed by atoms with Crippen molar-refractivity contribution in [3.63, 3.8) is 0 Å². The van der Waals surface area contributed by atoms with Crippen LogP contribution < -0.4 is 9.64 Å². The molecule has 3 rings (SSSR count). The van der Waals surface area contributed by atoms with Crippen LogP contribution in [-0.4, -0.2) is 60.9 Å². The molecule has 0 N–H and O–H groups in total. The van der Waals surface area contributed by atoms with Crippen molar-refractivity contribution in [2.45, 2.75) is 25.6 Å². The summed E-state index contributed by atoms with van der Waals surface area (Å²) in [4.78, 5) is 16.1. The van der Waals surface area contributed by atoms with E-state index in [2.05, 4.69) is 10.2 Å². The number of nitrogens with zero attached hydrogens (tertiary/aromatic N) is 4. The van der Waals surface area contributed by atoms with Crippen molar-refractivity contribution in [1.82, 2.24) is 15.1 Å². The molecule has 2 heterocycles. The van der Waals surface area contributed by atoms with Gasteiger partial charge in [0.2, 0.25) is 11.8 Å². The zero-order valence-electron chi connectivity index (χ0n) is 15.9. The van der Waals surface area contributed by atoms with E-state index in [0.29, 0.717) is 19.0 Å². The maximum absolute atomic E-state index is 12.4. The van der Waals surface area contributed by atoms with Crippen molar-refractivity contribution in [3.05, 3.63) is 48.0 Å². The van der Waals surface area contributed by atoms with Crippen LogP contribution >= 0.6 is 0 Å². The average Bonchev–Trinajstić information content (AvgIpc) is 2.69. The van der Waals surface area contributed by atoms with Gasteiger partial charge in [0, 0.05) is 26.7 Å². The van der Waals surface area contributed by atoms with Gasteiger partial charge in [0.25, 0.3) is 0 Å². The third-order valence-electron chi connectivity index (χ3n) is 4.44. The maximum atomic E-state index is 12.4. The normalized spacial score (nSPS) is 16.8. The number of likely N-dealkylation sites (tertiary alicyclic amines) is 1. The Balaban J connectivity index is 1.46. The summed E-state index contributed by atoms with van der Waals surface area (Å²) in [5.74, 6) is 1.26. The van der Waals surface area contributed by atoms with Gasteiger partial charge in [0.15, 0.2) is 5.82 Å². The Morgan fingerprint density at radius 3 is 2.70 bits per heavy atom. The lowest BCUT2D eigenvalue weighted by Gasteiger charge is -2.32. The predicted octanol–water partition coefficient (Wildman–Crippen LogP) is 2.13. The van der Waals surface area contributed by atoms with E-state index in [-0.39, 0.29) is 18.6 Å². The van der Waals surface area contributed by atoms with E-state index in [1.807, 2.05) is 61.5 Å². The first kappa shape index (κ1) is 19.1. The van der Waals surface area contributed by atoms with Gasteiger partial charge < -0.3 is 19.3 Å². The fourth-order valence-electron chi connectivity index (χ4n) is 2.97. The van der Waals surface area contributed by atoms with Gasteiger partial charge in [-0.2, -0.15) is 0 Å². The molecule has 0 aliphatic carbocycles. The predicted molar refractivity (Wildman–Crippen MR) is 103 cm³/mol. The van der Waals surface area contributed by atoms with Crippen molar-refractivity contribution < 1.29 is 14.3 Å². The van der Waals surface area contributed by atoms with Crippen LogP contribution in [0.15, 0.2) is 42.5 Å². The summed E-state index contributed by atoms with van der Waals surface area (Å²) in [6, 6.07) is 13.5. The molecule has 27 heavy (non-hydrogen) atoms. The molecule has 144 valence electrons. The number of aromatic nitrogens is 2. The molecule has 0 bridgehead atoms. The van der Waals surface area contributed by atoms with Crippen LogP contribution in [0.2, 0.25) is 0 Å². The van der Waals surface area contributed by atoms with Crippen LogP contribution in [0.1, 0.15) is 18.4 Å². The smallest absolute Gasteiger partial charge is 0.248 e. The summed E-state index contributed by atoms with van der Waals surface area (Å²) in [5, 5.41) is 8.22. The van der Waals surface area contributed by atoms with Gasteiger partial charge in [0.1, 0.15) is 12.7 Å². The Bertz CT molecular complexity index is 722. The van der Waals surface area contributed by atoms with E-state index < -0.39 is 0 Å². The highest BCUT2D eigenvalue weighted by atomic mass is 16.5. The lowest BCUT2D eigenvalue weighted by molar-refractivity contribution is -0.139. The molecular weight excluding hydrogens is 344 g/mol. The van der Waals surface area contributed by atoms with Gasteiger partial charge in [-0.15, -0.1) is 10.2 Å². The minimum absolute atomic E-state index is 0.00623. The van der Waals surface area contributed by atoms with Crippen LogP contribution in [0.5, 0.6) is 5.88 Å². The van der Waals surface area contributed by atoms with Crippen molar-refractivity contribution in [1.29, 1.82) is 0 Å². The molecule has 1 aromatic heterocycles. The quantitative estimate of drug-likeness (QED) is 0.744. The Morgan fingerprint density at radius 1 is 1.19 bits per heavy atom. The molecule has 2 aromatic rings. The molecule has 1 aliphatic heterocycles. The Kier molecular flexibility index (Phi) is 6.59. The molecule has 7 heteroatoms. The van der Waals surface area contributed by atoms with Crippen molar-refractivity contribution in [3.8, 4) is 5.88 Å². The van der Waals surface area contributed by atoms with E-state index in [1.54, 1.807) is 4.90 Å². The fraction of sp³-hybridized carbons (Fsp3) is 0.450. The molecule has 0 radical (unpaired) electrons. The Labute approximate surface area is 159 Å². The molecule has 0 spiro atoms. The van der Waals surface area contributed by atoms with Gasteiger partial charge in [0.05, 0.1) is 13.2 Å². The lowest BCUT2D eigenvalue weighted by Crippen LogP contribution is -2.45. The summed E-state index contributed by atoms with van der Waals surface area (Å²) in [7, 11) is 3.82. The molecule has 7 nitrogen and oxygen atoms in total. The van der Waals surface area contributed by atoms with Crippen LogP contribution in [-0.2, 0) is 16.1 Å². The van der Waals surface area contributed by atoms with E-state index in [9.17, 15) is 4.79 Å². The van der Waals surface area contributed by atoms with Crippen LogP contribution in [0.3, 0.4) is 0 Å². The molecule has 1 fully saturated rings. The number of anilines is 1. The number of rotatable bonds is 7. The summed E-state index contributed by atoms with van der Waals surface area (Å²) >= 11 is 0. The topological polar surface area (TPSA) is 67.8 Å². The van der Waals surface area contributed by atoms with Gasteiger partial charge in [-0.1, -0.05) is 30.3 Å². The van der Waals surface area contributed by atoms with Crippen molar-refractivity contribution >= 4 is 11.7 Å². The summed E-state index contributed by atoms with van der Waals surface area (Å²) in [6.45, 7) is 1.80. The summed E-state index contributed by atoms with van der Waals surface area (Å²) in [6.07, 6.45) is 1.72. The number of carbonyl (C=O) groups is 1. The van der Waals surface area contributed by atoms with Gasteiger partial charge in [-0.25, -0.2) is 0 Å². The molecule has 1 amide bonds. The first-order valence-corrected chi connectivity index (χ1v) is 9.19. The number of hydrogen-bond donors (Lipinski definition) is 0. The van der Waals surface area contributed by atoms with Gasteiger partial charge >= 0.3 is 0 Å². The van der Waals surface area contributed by atoms with Crippen molar-refractivity contribution in [2.24, 2.45) is 0 Å². The zero-order chi connectivity index (χ0) is 19.1. The SMILES string of the molecule is CN(C)c1ccc(OC2CCCN(C(=O)COCc3ccccc3)C2)nn1. The minimum Gasteiger partial charge on any atom is -0.471 e. The third-order valence-corrected chi connectivity index (χ3v) is 4.44. The highest BCUT2D eigenvalue weighted by molar-refractivity contribution is 5.77. The Morgan fingerprint density at radius 2 is 2.00 bits per heavy atom. The van der Waals surface area contributed by atoms with E-state index >= 15 is 0 Å². The molecule has 1 saturated heterocycles. The van der Waals surface area contributed by atoms with E-state index in [4.69, 9.17) is 9.47 Å². The molecule has 1 atom stereocenters. The first-order chi connectivity index (χ1) is 13.1. The number of hydrogen-bond acceptors (Lipinski definition) is 6. The lowest BCUT2D eigenvalue weighted by atomic mass is 10.1. The number of carbonyl (C=O) groups excluding carboxylic acids is 1. The number of benzene rings is 1. The second kappa shape index (κ2) is 9.32. The number of amides is 1. The van der Waals surface area contributed by atoms with Gasteiger partial charge in [-0.05, 0) is 24.5 Å². The highest BCUT2D eigenvalue weighted by Crippen LogP contribution is 2.18. The second-order valence-corrected chi connectivity index (χ2v) is 6.82. The molecular formula is C20H26N4O3. The van der Waals surface area contributed by atoms with Gasteiger partial charge in [-0.3, -0.25) is 4.79 Å². The van der Waals surface area contributed by atoms with E-state index in [1.165, 1.54) is 0 Å². The monoisotopic (exact) mass is 370 g/mol. The second-order valence-electron chi connectivity index (χ2n) is 6.82. The third kappa shape index (κ3) is 5.65. The Hall–Kier alpha value is -2.67. The summed E-state index contributed by atoms with van der Waals surface area (Å²) < 4.78 is 11.5. The zero-order valence-corrected chi connectivity index (χ0v) is 15.9. The molecule has 1 aromatic carbocycles. The number of ether oxygens (including phenoxy) is 2. The molecule has 1 unspecified atom stereocenters. The van der Waals surface area contributed by atoms with Crippen molar-refractivity contribution in [2.75, 3.05) is 38.7 Å². The largest absolute Gasteiger partial charge is 0.471 e. The molecule has 0 saturated carbocycles. The molecule has 1 aliphatic rings. The fourth-order valence-corrected chi connectivity index (χ4v) is 2.97. The van der Waals surface area contributed by atoms with E-state index in [0.717, 1.165) is 30.8 Å². The maximum Gasteiger partial charge on any atom is 0.248 e. The number of piperidine rings is 1. The van der Waals surface area contributed by atoms with Crippen LogP contribution in [0.25, 0.3) is 0 Å². The summed E-state index contributed by atoms with van der Waals surface area (Å²) in [5.41, 5.74) is 1.06. The minimum atomic E-state index is -0.0728. The average molecular weight is 370 g/mol.